The van der Waals surface area contributed by atoms with Crippen LogP contribution >= 0.6 is 35.3 Å². The lowest BCUT2D eigenvalue weighted by atomic mass is 9.92. The number of nitrogens with one attached hydrogen (secondary N) is 3. The lowest BCUT2D eigenvalue weighted by Crippen LogP contribution is -2.58. The smallest absolute Gasteiger partial charge is 0.350 e. The van der Waals surface area contributed by atoms with Crippen LogP contribution in [0.2, 0.25) is 0 Å². The van der Waals surface area contributed by atoms with Crippen LogP contribution in [0.5, 0.6) is 0 Å². The molecule has 0 radical (unpaired) electrons. The summed E-state index contributed by atoms with van der Waals surface area (Å²) in [5, 5.41) is 28.5. The molecule has 30 heteroatoms. The highest BCUT2D eigenvalue weighted by molar-refractivity contribution is 8.00. The summed E-state index contributed by atoms with van der Waals surface area (Å²) >= 11 is 5.32. The number of aryl methyl sites for hydroxylation is 6. The number of H-pyrrole nitrogens is 3. The number of piperazine rings is 3. The van der Waals surface area contributed by atoms with Gasteiger partial charge in [0.05, 0.1) is 89.6 Å². The number of nitrogens with zero attached hydrogens (tertiary/aromatic N) is 15. The number of ether oxygens (including phenoxy) is 3. The molecule has 0 saturated carbocycles. The van der Waals surface area contributed by atoms with Gasteiger partial charge in [-0.05, 0) is 151 Å². The van der Waals surface area contributed by atoms with Crippen LogP contribution in [0.15, 0.2) is 140 Å². The third-order valence-corrected chi connectivity index (χ3v) is 27.8. The van der Waals surface area contributed by atoms with Gasteiger partial charge in [-0.1, -0.05) is 50.1 Å². The Morgan fingerprint density at radius 3 is 1.15 bits per heavy atom. The fourth-order valence-electron chi connectivity index (χ4n) is 18.9. The number of methoxy groups -OCH3 is 3. The zero-order valence-electron chi connectivity index (χ0n) is 68.8. The molecule has 6 aliphatic rings. The van der Waals surface area contributed by atoms with Crippen LogP contribution < -0.4 is 31.8 Å². The number of anilines is 3. The molecule has 118 heavy (non-hydrogen) atoms. The number of aromatic amines is 3. The molecule has 3 amide bonds. The molecule has 3 unspecified atom stereocenters. The number of carbonyl (C=O) groups is 3. The first kappa shape index (κ1) is 80.9. The van der Waals surface area contributed by atoms with Gasteiger partial charge < -0.3 is 43.6 Å². The monoisotopic (exact) mass is 1650 g/mol. The highest BCUT2D eigenvalue weighted by Gasteiger charge is 2.40. The molecule has 3 fully saturated rings. The first-order valence-corrected chi connectivity index (χ1v) is 42.9. The van der Waals surface area contributed by atoms with Gasteiger partial charge in [-0.25, -0.2) is 14.4 Å². The first-order valence-electron chi connectivity index (χ1n) is 39.9. The molecule has 3 saturated heterocycles. The predicted octanol–water partition coefficient (Wildman–Crippen LogP) is 12.6. The minimum absolute atomic E-state index is 0.0572. The lowest BCUT2D eigenvalue weighted by molar-refractivity contribution is -0.131. The molecule has 27 nitrogen and oxygen atoms in total. The van der Waals surface area contributed by atoms with Crippen molar-refractivity contribution in [2.75, 3.05) is 125 Å². The summed E-state index contributed by atoms with van der Waals surface area (Å²) in [6.07, 6.45) is 9.66. The number of thioether (sulfide) groups is 3. The van der Waals surface area contributed by atoms with Gasteiger partial charge in [0.2, 0.25) is 17.7 Å². The van der Waals surface area contributed by atoms with E-state index in [1.54, 1.807) is 61.5 Å². The van der Waals surface area contributed by atoms with E-state index in [-0.39, 0.29) is 77.1 Å². The van der Waals surface area contributed by atoms with Crippen LogP contribution in [0.25, 0.3) is 98.8 Å². The summed E-state index contributed by atoms with van der Waals surface area (Å²) in [5.74, 6) is 3.94. The zero-order valence-corrected chi connectivity index (χ0v) is 71.3. The van der Waals surface area contributed by atoms with Crippen LogP contribution in [0.4, 0.5) is 17.5 Å². The Hall–Kier alpha value is -10.9. The second-order valence-electron chi connectivity index (χ2n) is 31.8. The quantitative estimate of drug-likeness (QED) is 0.0804. The van der Waals surface area contributed by atoms with Gasteiger partial charge in [-0.3, -0.25) is 43.4 Å². The van der Waals surface area contributed by atoms with Crippen molar-refractivity contribution in [2.45, 2.75) is 126 Å². The molecular formula is C88H98N18O9S3. The average molecular weight is 1650 g/mol. The van der Waals surface area contributed by atoms with Gasteiger partial charge in [-0.2, -0.15) is 30.2 Å². The third-order valence-electron chi connectivity index (χ3n) is 24.1. The SMILES string of the molecule is C=CC(=O)N1CCN(c2nc(=O)n3c4c(c(-c5c(C)ccc6cn[nH]c56)c(C)cc24)SCC3COC)CC1.C=CC(=O)N1[C@H](C)CN(c2nc(=O)n3c4c(c(-c5c(C)ccc6[nH]ncc56)c(C)cc24)SCC3COC)C[C@@H]1C.C=CC(=O)N1[C@H](C)CN(c2nc(=O)n3c4c(c(-c5c(C)ccc6cn[nH]c56)c(C)cc24)SCC3COC)C[C@@H]1C. The maximum Gasteiger partial charge on any atom is 0.350 e. The van der Waals surface area contributed by atoms with Crippen molar-refractivity contribution in [3.63, 3.8) is 0 Å². The molecule has 18 rings (SSSR count). The summed E-state index contributed by atoms with van der Waals surface area (Å²) in [4.78, 5) is 108. The van der Waals surface area contributed by atoms with E-state index in [0.29, 0.717) is 107 Å². The predicted molar refractivity (Wildman–Crippen MR) is 472 cm³/mol. The number of benzene rings is 6. The number of hydrogen-bond donors (Lipinski definition) is 3. The summed E-state index contributed by atoms with van der Waals surface area (Å²) in [5.41, 5.74) is 18.4. The Morgan fingerprint density at radius 2 is 0.780 bits per heavy atom. The van der Waals surface area contributed by atoms with E-state index < -0.39 is 0 Å². The molecular weight excluding hydrogens is 1550 g/mol. The molecule has 0 spiro atoms. The molecule has 612 valence electrons. The molecule has 6 aromatic heterocycles. The Bertz CT molecular complexity index is 6020. The lowest BCUT2D eigenvalue weighted by Gasteiger charge is -2.45. The van der Waals surface area contributed by atoms with Crippen LogP contribution in [0, 0.1) is 41.5 Å². The van der Waals surface area contributed by atoms with Gasteiger partial charge in [0, 0.05) is 190 Å². The standard InChI is InChI=1S/2C30H34N6O3S.C28H30N6O3S/c1-7-24(37)35-18(4)12-34(13-19(35)5)29-21-10-17(3)26(25-16(2)8-9-23-22(25)11-31-33-23)28-27(21)36(30(38)32-29)20(14-39-6)15-40-28;1-7-23(37)35-18(4)12-34(13-19(35)5)29-22-10-17(3)25(24-16(2)8-9-20-11-31-33-26(20)24)28-27(22)36(30(38)32-29)21(14-39-6)15-40-28;1-5-21(35)32-8-10-33(11-9-32)27-20-12-17(3)23(22-16(2)6-7-18-13-29-31-24(18)22)26-25(20)34(28(36)30-27)19(14-37-4)15-38-26/h7-11,18-20H,1,12-15H2,2-6H3,(H,31,33);7-11,18-19,21H,1,12-15H2,2-6H3,(H,31,33);5-7,12-13,19H,1,8-11,14-15H2,2-4H3,(H,29,31)/t18-,19+,20?;18-,19+,21?;. The van der Waals surface area contributed by atoms with Gasteiger partial charge >= 0.3 is 17.1 Å². The van der Waals surface area contributed by atoms with E-state index in [1.165, 1.54) is 18.2 Å². The fraction of sp³-hybridized carbons (Fsp3) is 0.386. The first-order chi connectivity index (χ1) is 56.9. The van der Waals surface area contributed by atoms with Crippen LogP contribution in [0.1, 0.15) is 79.2 Å². The molecule has 3 N–H and O–H groups in total. The minimum Gasteiger partial charge on any atom is -0.383 e. The van der Waals surface area contributed by atoms with Crippen molar-refractivity contribution in [2.24, 2.45) is 0 Å². The van der Waals surface area contributed by atoms with Crippen molar-refractivity contribution >= 4 is 136 Å². The van der Waals surface area contributed by atoms with Crippen molar-refractivity contribution in [1.29, 1.82) is 0 Å². The average Bonchev–Trinajstić information content (AvgIpc) is 0.932. The summed E-state index contributed by atoms with van der Waals surface area (Å²) < 4.78 is 22.1. The van der Waals surface area contributed by atoms with Crippen LogP contribution in [0.3, 0.4) is 0 Å². The second-order valence-corrected chi connectivity index (χ2v) is 34.9. The van der Waals surface area contributed by atoms with E-state index in [4.69, 9.17) is 24.2 Å². The Kier molecular flexibility index (Phi) is 22.5. The van der Waals surface area contributed by atoms with Crippen molar-refractivity contribution in [3.8, 4) is 33.4 Å². The maximum absolute atomic E-state index is 13.8. The van der Waals surface area contributed by atoms with E-state index in [9.17, 15) is 28.8 Å². The highest BCUT2D eigenvalue weighted by Crippen LogP contribution is 2.52. The van der Waals surface area contributed by atoms with E-state index in [2.05, 4.69) is 166 Å². The highest BCUT2D eigenvalue weighted by atomic mass is 32.2. The fourth-order valence-corrected chi connectivity index (χ4v) is 23.0. The van der Waals surface area contributed by atoms with E-state index in [0.717, 1.165) is 147 Å². The summed E-state index contributed by atoms with van der Waals surface area (Å²) in [6.45, 7) is 37.7. The van der Waals surface area contributed by atoms with Crippen molar-refractivity contribution in [3.05, 3.63) is 176 Å². The van der Waals surface area contributed by atoms with Gasteiger partial charge in [0.1, 0.15) is 17.5 Å². The van der Waals surface area contributed by atoms with E-state index in [1.807, 2.05) is 69.8 Å². The third kappa shape index (κ3) is 13.9. The van der Waals surface area contributed by atoms with Crippen LogP contribution in [-0.2, 0) is 28.6 Å². The second kappa shape index (κ2) is 32.8. The van der Waals surface area contributed by atoms with Gasteiger partial charge in [0.25, 0.3) is 0 Å². The largest absolute Gasteiger partial charge is 0.383 e. The number of fused-ring (bicyclic) bond motifs is 3. The normalized spacial score (nSPS) is 19.8. The molecule has 12 aromatic rings. The molecule has 6 aliphatic heterocycles. The topological polar surface area (TPSA) is 289 Å². The molecule has 0 bridgehead atoms. The van der Waals surface area contributed by atoms with E-state index >= 15 is 0 Å². The molecule has 0 aliphatic carbocycles. The van der Waals surface area contributed by atoms with Crippen LogP contribution in [-0.4, -0.2) is 227 Å². The zero-order chi connectivity index (χ0) is 83.1. The van der Waals surface area contributed by atoms with Gasteiger partial charge in [-0.15, -0.1) is 35.3 Å². The summed E-state index contributed by atoms with van der Waals surface area (Å²) in [7, 11) is 5.00. The Labute approximate surface area is 695 Å². The Balaban J connectivity index is 0.000000132. The van der Waals surface area contributed by atoms with Crippen molar-refractivity contribution in [1.82, 2.24) is 73.9 Å². The number of amides is 3. The number of rotatable bonds is 15. The minimum atomic E-state index is -0.276. The van der Waals surface area contributed by atoms with Crippen molar-refractivity contribution < 1.29 is 28.6 Å². The molecule has 12 heterocycles. The Morgan fingerprint density at radius 1 is 0.432 bits per heavy atom. The number of hydrogen-bond acceptors (Lipinski definition) is 21. The molecule has 6 aromatic carbocycles. The summed E-state index contributed by atoms with van der Waals surface area (Å²) in [6, 6.07) is 18.5. The van der Waals surface area contributed by atoms with Gasteiger partial charge in [0.15, 0.2) is 0 Å². The number of carbonyl (C=O) groups excluding carboxylic acids is 3. The molecule has 7 atom stereocenters. The maximum atomic E-state index is 13.8. The number of aromatic nitrogens is 12.